The first kappa shape index (κ1) is 14.5. The van der Waals surface area contributed by atoms with Crippen molar-refractivity contribution in [2.75, 3.05) is 6.54 Å². The third-order valence-corrected chi connectivity index (χ3v) is 4.34. The van der Waals surface area contributed by atoms with Gasteiger partial charge in [-0.1, -0.05) is 50.6 Å². The number of nitrogens with one attached hydrogen (secondary N) is 1. The molecule has 0 bridgehead atoms. The van der Waals surface area contributed by atoms with Gasteiger partial charge < -0.3 is 10.4 Å². The molecule has 2 unspecified atom stereocenters. The molecular formula is C17H27NO. The zero-order valence-electron chi connectivity index (χ0n) is 12.4. The molecule has 2 N–H and O–H groups in total. The minimum absolute atomic E-state index is 0.439. The van der Waals surface area contributed by atoms with Gasteiger partial charge in [0.25, 0.3) is 0 Å². The summed E-state index contributed by atoms with van der Waals surface area (Å²) >= 11 is 0. The number of hydrogen-bond donors (Lipinski definition) is 2. The Morgan fingerprint density at radius 1 is 1.32 bits per heavy atom. The van der Waals surface area contributed by atoms with Gasteiger partial charge in [0, 0.05) is 12.6 Å². The van der Waals surface area contributed by atoms with E-state index in [9.17, 15) is 5.11 Å². The lowest BCUT2D eigenvalue weighted by atomic mass is 9.75. The molecule has 2 rings (SSSR count). The molecule has 1 aliphatic carbocycles. The highest BCUT2D eigenvalue weighted by molar-refractivity contribution is 5.21. The third-order valence-electron chi connectivity index (χ3n) is 4.34. The fraction of sp³-hybridized carbons (Fsp3) is 0.647. The maximum atomic E-state index is 10.6. The lowest BCUT2D eigenvalue weighted by Crippen LogP contribution is -2.44. The van der Waals surface area contributed by atoms with Gasteiger partial charge in [-0.15, -0.1) is 0 Å². The van der Waals surface area contributed by atoms with E-state index in [-0.39, 0.29) is 0 Å². The number of rotatable bonds is 4. The van der Waals surface area contributed by atoms with Gasteiger partial charge in [0.2, 0.25) is 0 Å². The first-order valence-corrected chi connectivity index (χ1v) is 7.40. The summed E-state index contributed by atoms with van der Waals surface area (Å²) in [5, 5.41) is 14.2. The van der Waals surface area contributed by atoms with Crippen molar-refractivity contribution in [2.24, 2.45) is 5.41 Å². The van der Waals surface area contributed by atoms with Crippen LogP contribution in [0.25, 0.3) is 0 Å². The van der Waals surface area contributed by atoms with Crippen LogP contribution in [0.5, 0.6) is 0 Å². The van der Waals surface area contributed by atoms with E-state index < -0.39 is 5.60 Å². The lowest BCUT2D eigenvalue weighted by Gasteiger charge is -2.37. The molecule has 1 aliphatic rings. The molecule has 1 fully saturated rings. The largest absolute Gasteiger partial charge is 0.384 e. The maximum absolute atomic E-state index is 10.6. The molecule has 106 valence electrons. The first-order valence-electron chi connectivity index (χ1n) is 7.40. The summed E-state index contributed by atoms with van der Waals surface area (Å²) in [7, 11) is 0. The van der Waals surface area contributed by atoms with E-state index in [1.54, 1.807) is 0 Å². The van der Waals surface area contributed by atoms with Crippen molar-refractivity contribution in [3.63, 3.8) is 0 Å². The number of hydrogen-bond acceptors (Lipinski definition) is 2. The van der Waals surface area contributed by atoms with Crippen LogP contribution < -0.4 is 5.32 Å². The van der Waals surface area contributed by atoms with Crippen molar-refractivity contribution in [2.45, 2.75) is 58.1 Å². The third kappa shape index (κ3) is 4.05. The SMILES string of the molecule is CC1(C)CCCC(NCC(C)(O)c2ccccc2)C1. The molecule has 0 aromatic heterocycles. The summed E-state index contributed by atoms with van der Waals surface area (Å²) in [4.78, 5) is 0. The van der Waals surface area contributed by atoms with Gasteiger partial charge in [-0.05, 0) is 37.2 Å². The van der Waals surface area contributed by atoms with Crippen LogP contribution >= 0.6 is 0 Å². The van der Waals surface area contributed by atoms with E-state index >= 15 is 0 Å². The Labute approximate surface area is 117 Å². The highest BCUT2D eigenvalue weighted by Crippen LogP contribution is 2.35. The van der Waals surface area contributed by atoms with Crippen molar-refractivity contribution >= 4 is 0 Å². The Bertz CT molecular complexity index is 397. The van der Waals surface area contributed by atoms with Crippen LogP contribution in [-0.4, -0.2) is 17.7 Å². The van der Waals surface area contributed by atoms with Gasteiger partial charge in [0.05, 0.1) is 5.60 Å². The topological polar surface area (TPSA) is 32.3 Å². The highest BCUT2D eigenvalue weighted by atomic mass is 16.3. The second-order valence-electron chi connectivity index (χ2n) is 6.98. The molecule has 1 saturated carbocycles. The average Bonchev–Trinajstić information content (AvgIpc) is 2.37. The molecule has 2 heteroatoms. The van der Waals surface area contributed by atoms with Gasteiger partial charge in [0.1, 0.15) is 0 Å². The summed E-state index contributed by atoms with van der Waals surface area (Å²) in [6.07, 6.45) is 5.05. The second kappa shape index (κ2) is 5.64. The quantitative estimate of drug-likeness (QED) is 0.870. The van der Waals surface area contributed by atoms with Crippen LogP contribution in [0.15, 0.2) is 30.3 Å². The minimum Gasteiger partial charge on any atom is -0.384 e. The van der Waals surface area contributed by atoms with E-state index in [4.69, 9.17) is 0 Å². The summed E-state index contributed by atoms with van der Waals surface area (Å²) in [5.41, 5.74) is 0.634. The fourth-order valence-electron chi connectivity index (χ4n) is 3.11. The molecule has 0 amide bonds. The summed E-state index contributed by atoms with van der Waals surface area (Å²) in [6.45, 7) is 7.20. The van der Waals surface area contributed by atoms with Crippen LogP contribution in [0.3, 0.4) is 0 Å². The average molecular weight is 261 g/mol. The molecule has 1 aromatic carbocycles. The normalized spacial score (nSPS) is 25.8. The van der Waals surface area contributed by atoms with Crippen LogP contribution in [0.1, 0.15) is 52.0 Å². The monoisotopic (exact) mass is 261 g/mol. The zero-order valence-corrected chi connectivity index (χ0v) is 12.4. The number of benzene rings is 1. The lowest BCUT2D eigenvalue weighted by molar-refractivity contribution is 0.0486. The zero-order chi connectivity index (χ0) is 13.9. The standard InChI is InChI=1S/C17H27NO/c1-16(2)11-7-10-15(12-16)18-13-17(3,19)14-8-5-4-6-9-14/h4-6,8-9,15,18-19H,7,10-13H2,1-3H3. The van der Waals surface area contributed by atoms with E-state index in [1.807, 2.05) is 37.3 Å². The van der Waals surface area contributed by atoms with E-state index in [2.05, 4.69) is 19.2 Å². The predicted octanol–water partition coefficient (Wildman–Crippen LogP) is 3.45. The van der Waals surface area contributed by atoms with Crippen molar-refractivity contribution in [1.29, 1.82) is 0 Å². The van der Waals surface area contributed by atoms with Crippen molar-refractivity contribution < 1.29 is 5.11 Å². The molecule has 19 heavy (non-hydrogen) atoms. The van der Waals surface area contributed by atoms with Crippen molar-refractivity contribution in [3.05, 3.63) is 35.9 Å². The van der Waals surface area contributed by atoms with Crippen molar-refractivity contribution in [1.82, 2.24) is 5.32 Å². The van der Waals surface area contributed by atoms with E-state index in [1.165, 1.54) is 25.7 Å². The molecule has 2 nitrogen and oxygen atoms in total. The minimum atomic E-state index is -0.789. The van der Waals surface area contributed by atoms with Gasteiger partial charge in [-0.25, -0.2) is 0 Å². The Kier molecular flexibility index (Phi) is 4.32. The molecule has 0 heterocycles. The summed E-state index contributed by atoms with van der Waals surface area (Å²) < 4.78 is 0. The Morgan fingerprint density at radius 3 is 2.63 bits per heavy atom. The van der Waals surface area contributed by atoms with Crippen molar-refractivity contribution in [3.8, 4) is 0 Å². The highest BCUT2D eigenvalue weighted by Gasteiger charge is 2.30. The smallest absolute Gasteiger partial charge is 0.0992 e. The predicted molar refractivity (Wildman–Crippen MR) is 80.1 cm³/mol. The molecule has 0 saturated heterocycles. The fourth-order valence-corrected chi connectivity index (χ4v) is 3.11. The molecule has 0 aliphatic heterocycles. The molecule has 0 spiro atoms. The molecular weight excluding hydrogens is 234 g/mol. The molecule has 0 radical (unpaired) electrons. The molecule has 2 atom stereocenters. The van der Waals surface area contributed by atoms with Crippen LogP contribution in [0.4, 0.5) is 0 Å². The van der Waals surface area contributed by atoms with Crippen LogP contribution in [-0.2, 0) is 5.60 Å². The van der Waals surface area contributed by atoms with Gasteiger partial charge in [-0.2, -0.15) is 0 Å². The second-order valence-corrected chi connectivity index (χ2v) is 6.98. The van der Waals surface area contributed by atoms with Gasteiger partial charge in [0.15, 0.2) is 0 Å². The van der Waals surface area contributed by atoms with Gasteiger partial charge >= 0.3 is 0 Å². The summed E-state index contributed by atoms with van der Waals surface area (Å²) in [5.74, 6) is 0. The van der Waals surface area contributed by atoms with Crippen LogP contribution in [0.2, 0.25) is 0 Å². The summed E-state index contributed by atoms with van der Waals surface area (Å²) in [6, 6.07) is 10.5. The van der Waals surface area contributed by atoms with E-state index in [0.29, 0.717) is 18.0 Å². The van der Waals surface area contributed by atoms with Crippen LogP contribution in [0, 0.1) is 5.41 Å². The maximum Gasteiger partial charge on any atom is 0.0992 e. The first-order chi connectivity index (χ1) is 8.89. The Hall–Kier alpha value is -0.860. The van der Waals surface area contributed by atoms with E-state index in [0.717, 1.165) is 5.56 Å². The number of aliphatic hydroxyl groups is 1. The van der Waals surface area contributed by atoms with Gasteiger partial charge in [-0.3, -0.25) is 0 Å². The molecule has 1 aromatic rings. The Morgan fingerprint density at radius 2 is 2.00 bits per heavy atom. The Balaban J connectivity index is 1.91.